The van der Waals surface area contributed by atoms with Gasteiger partial charge in [-0.2, -0.15) is 0 Å². The quantitative estimate of drug-likeness (QED) is 0.0384. The molecule has 0 bridgehead atoms. The Morgan fingerprint density at radius 2 is 1.01 bits per heavy atom. The third-order valence-corrected chi connectivity index (χ3v) is 15.1. The first kappa shape index (κ1) is 56.1. The van der Waals surface area contributed by atoms with Gasteiger partial charge in [0, 0.05) is 50.7 Å². The van der Waals surface area contributed by atoms with Crippen LogP contribution in [0.1, 0.15) is 93.6 Å². The van der Waals surface area contributed by atoms with Gasteiger partial charge in [-0.15, -0.1) is 0 Å². The van der Waals surface area contributed by atoms with Crippen molar-refractivity contribution in [2.24, 2.45) is 11.8 Å². The summed E-state index contributed by atoms with van der Waals surface area (Å²) in [5.74, 6) is -2.90. The van der Waals surface area contributed by atoms with Crippen molar-refractivity contribution in [2.75, 3.05) is 62.1 Å². The number of carboxylic acid groups (broad SMARTS) is 1. The van der Waals surface area contributed by atoms with Gasteiger partial charge in [0.2, 0.25) is 0 Å². The normalized spacial score (nSPS) is 14.9. The average Bonchev–Trinajstić information content (AvgIpc) is 3.91. The zero-order valence-corrected chi connectivity index (χ0v) is 41.8. The number of benzene rings is 2. The summed E-state index contributed by atoms with van der Waals surface area (Å²) in [6.45, 7) is 7.51. The van der Waals surface area contributed by atoms with Crippen molar-refractivity contribution in [3.63, 3.8) is 0 Å². The predicted molar refractivity (Wildman–Crippen MR) is 248 cm³/mol. The Morgan fingerprint density at radius 3 is 1.36 bits per heavy atom. The lowest BCUT2D eigenvalue weighted by atomic mass is 9.93. The second kappa shape index (κ2) is 25.8. The van der Waals surface area contributed by atoms with Crippen LogP contribution in [0.5, 0.6) is 23.0 Å². The van der Waals surface area contributed by atoms with Crippen LogP contribution in [-0.2, 0) is 77.1 Å². The second-order valence-electron chi connectivity index (χ2n) is 15.7. The first-order valence-corrected chi connectivity index (χ1v) is 24.7. The van der Waals surface area contributed by atoms with Gasteiger partial charge < -0.3 is 57.1 Å². The first-order chi connectivity index (χ1) is 31.7. The number of carboxylic acids is 1. The molecule has 0 spiro atoms. The van der Waals surface area contributed by atoms with Crippen molar-refractivity contribution >= 4 is 39.1 Å². The number of fused-ring (bicyclic) bond motifs is 2. The zero-order chi connectivity index (χ0) is 50.2. The molecule has 0 saturated carbocycles. The third kappa shape index (κ3) is 14.4. The molecule has 3 N–H and O–H groups in total. The molecule has 0 aliphatic carbocycles. The predicted octanol–water partition coefficient (Wildman–Crippen LogP) is 8.87. The van der Waals surface area contributed by atoms with E-state index in [1.54, 1.807) is 31.2 Å². The van der Waals surface area contributed by atoms with Crippen molar-refractivity contribution in [2.45, 2.75) is 79.4 Å². The highest BCUT2D eigenvalue weighted by Gasteiger charge is 2.33. The highest BCUT2D eigenvalue weighted by Crippen LogP contribution is 2.47. The maximum absolute atomic E-state index is 12.3. The molecule has 2 heterocycles. The number of aliphatic carboxylic acids is 1. The number of hydrogen-bond acceptors (Lipinski definition) is 17. The molecular formula is C47H64O18P2. The van der Waals surface area contributed by atoms with E-state index in [9.17, 15) is 43.6 Å². The van der Waals surface area contributed by atoms with Crippen LogP contribution in [0.3, 0.4) is 0 Å². The van der Waals surface area contributed by atoms with Crippen molar-refractivity contribution in [1.82, 2.24) is 0 Å². The van der Waals surface area contributed by atoms with Gasteiger partial charge in [0.15, 0.2) is 0 Å². The van der Waals surface area contributed by atoms with E-state index in [4.69, 9.17) is 41.8 Å². The number of allylic oxidation sites excluding steroid dienone is 8. The minimum absolute atomic E-state index is 0.0559. The highest BCUT2D eigenvalue weighted by atomic mass is 31.2. The van der Waals surface area contributed by atoms with Crippen molar-refractivity contribution < 1.29 is 85.4 Å². The van der Waals surface area contributed by atoms with E-state index in [-0.39, 0.29) is 73.4 Å². The number of methoxy groups -OCH3 is 3. The van der Waals surface area contributed by atoms with E-state index < -0.39 is 44.9 Å². The standard InChI is InChI=1S/C24H33O9P.C23H31O9P/c1-15(13-17(23(26)30-4)9-7-8-12-34(28,31-5)32-6)10-11-18-21(25)20-19(14-33-24(20)27)16(2)22(18)29-3;1-14(12-16(22(25)26)8-6-7-11-33(28,30-4)31-5)9-10-17-20(24)19-18(13-32-23(19)27)15(2)21(17)29-3/h7-8,10,17,25H,9,11-14H2,1-6H3;6-7,9,16,24H,8,10-13H2,1-5H3,(H,25,26)/b8-7+,15-10+;7-6+,14-9+. The molecule has 67 heavy (non-hydrogen) atoms. The van der Waals surface area contributed by atoms with E-state index in [2.05, 4.69) is 0 Å². The molecule has 20 heteroatoms. The molecular weight excluding hydrogens is 914 g/mol. The summed E-state index contributed by atoms with van der Waals surface area (Å²) in [4.78, 5) is 48.1. The number of rotatable bonds is 24. The summed E-state index contributed by atoms with van der Waals surface area (Å²) in [5, 5.41) is 31.0. The molecule has 2 aromatic carbocycles. The van der Waals surface area contributed by atoms with E-state index in [1.807, 2.05) is 32.9 Å². The van der Waals surface area contributed by atoms with Gasteiger partial charge in [-0.25, -0.2) is 9.59 Å². The molecule has 0 saturated heterocycles. The van der Waals surface area contributed by atoms with E-state index in [1.165, 1.54) is 49.8 Å². The number of phenols is 2. The molecule has 2 aliphatic rings. The van der Waals surface area contributed by atoms with Crippen LogP contribution in [0.4, 0.5) is 0 Å². The molecule has 0 fully saturated rings. The lowest BCUT2D eigenvalue weighted by Crippen LogP contribution is -2.16. The fourth-order valence-corrected chi connectivity index (χ4v) is 9.34. The lowest BCUT2D eigenvalue weighted by Gasteiger charge is -2.16. The Morgan fingerprint density at radius 1 is 0.642 bits per heavy atom. The first-order valence-electron chi connectivity index (χ1n) is 21.2. The Labute approximate surface area is 391 Å². The fraction of sp³-hybridized carbons (Fsp3) is 0.489. The number of carbonyl (C=O) groups excluding carboxylic acids is 3. The summed E-state index contributed by atoms with van der Waals surface area (Å²) in [6.07, 6.45) is 12.4. The molecule has 4 rings (SSSR count). The fourth-order valence-electron chi connectivity index (χ4n) is 7.63. The van der Waals surface area contributed by atoms with Crippen molar-refractivity contribution in [3.8, 4) is 23.0 Å². The number of phenolic OH excluding ortho intramolecular Hbond substituents is 2. The largest absolute Gasteiger partial charge is 0.507 e. The number of carbonyl (C=O) groups is 4. The molecule has 2 unspecified atom stereocenters. The number of esters is 3. The Balaban J connectivity index is 0.000000355. The number of hydrogen-bond donors (Lipinski definition) is 3. The van der Waals surface area contributed by atoms with Crippen LogP contribution in [-0.4, -0.2) is 101 Å². The summed E-state index contributed by atoms with van der Waals surface area (Å²) in [6, 6.07) is 0. The van der Waals surface area contributed by atoms with Gasteiger partial charge in [0.25, 0.3) is 0 Å². The maximum Gasteiger partial charge on any atom is 0.342 e. The molecule has 2 atom stereocenters. The lowest BCUT2D eigenvalue weighted by molar-refractivity contribution is -0.145. The SMILES string of the molecule is COC(=O)C(C/C=C/CP(=O)(OC)OC)C/C(C)=C/Cc1c(O)c2c(c(C)c1OC)COC2=O.COc1c(C)c2c(c(O)c1C/C=C(\C)CC(C/C=C/CP(=O)(OC)OC)C(=O)O)C(=O)OC2. The molecule has 0 amide bonds. The van der Waals surface area contributed by atoms with Crippen LogP contribution in [0, 0.1) is 25.7 Å². The molecule has 0 aromatic heterocycles. The van der Waals surface area contributed by atoms with Crippen LogP contribution in [0.15, 0.2) is 47.6 Å². The van der Waals surface area contributed by atoms with E-state index in [0.717, 1.165) is 22.3 Å². The third-order valence-electron chi connectivity index (χ3n) is 11.6. The van der Waals surface area contributed by atoms with Gasteiger partial charge in [-0.05, 0) is 77.3 Å². The summed E-state index contributed by atoms with van der Waals surface area (Å²) in [5.41, 5.74) is 5.71. The molecule has 370 valence electrons. The van der Waals surface area contributed by atoms with Crippen molar-refractivity contribution in [3.05, 3.63) is 92.1 Å². The second-order valence-corrected chi connectivity index (χ2v) is 20.4. The highest BCUT2D eigenvalue weighted by molar-refractivity contribution is 7.54. The van der Waals surface area contributed by atoms with Gasteiger partial charge in [0.05, 0.1) is 45.5 Å². The summed E-state index contributed by atoms with van der Waals surface area (Å²) >= 11 is 0. The molecule has 2 aliphatic heterocycles. The number of aromatic hydroxyl groups is 2. The minimum atomic E-state index is -3.18. The van der Waals surface area contributed by atoms with Crippen LogP contribution in [0.25, 0.3) is 0 Å². The number of cyclic esters (lactones) is 2. The van der Waals surface area contributed by atoms with Crippen LogP contribution >= 0.6 is 15.2 Å². The van der Waals surface area contributed by atoms with Gasteiger partial charge in [-0.3, -0.25) is 18.7 Å². The number of ether oxygens (including phenoxy) is 5. The van der Waals surface area contributed by atoms with Crippen LogP contribution in [0.2, 0.25) is 0 Å². The maximum atomic E-state index is 12.3. The Kier molecular flexibility index (Phi) is 21.6. The minimum Gasteiger partial charge on any atom is -0.507 e. The summed E-state index contributed by atoms with van der Waals surface area (Å²) < 4.78 is 69.7. The van der Waals surface area contributed by atoms with Gasteiger partial charge in [0.1, 0.15) is 47.3 Å². The van der Waals surface area contributed by atoms with E-state index >= 15 is 0 Å². The topological polar surface area (TPSA) is 246 Å². The van der Waals surface area contributed by atoms with Gasteiger partial charge in [-0.1, -0.05) is 47.6 Å². The Bertz CT molecular complexity index is 2340. The zero-order valence-electron chi connectivity index (χ0n) is 40.0. The molecule has 0 radical (unpaired) electrons. The van der Waals surface area contributed by atoms with E-state index in [0.29, 0.717) is 53.0 Å². The monoisotopic (exact) mass is 978 g/mol. The van der Waals surface area contributed by atoms with Crippen LogP contribution < -0.4 is 9.47 Å². The Hall–Kier alpha value is -5.22. The smallest absolute Gasteiger partial charge is 0.342 e. The molecule has 18 nitrogen and oxygen atoms in total. The molecule has 2 aromatic rings. The van der Waals surface area contributed by atoms with Gasteiger partial charge >= 0.3 is 39.1 Å². The summed E-state index contributed by atoms with van der Waals surface area (Å²) in [7, 11) is 3.24. The average molecular weight is 979 g/mol. The van der Waals surface area contributed by atoms with Crippen molar-refractivity contribution in [1.29, 1.82) is 0 Å².